The smallest absolute Gasteiger partial charge is 0.138 e. The van der Waals surface area contributed by atoms with Gasteiger partial charge in [0.15, 0.2) is 0 Å². The van der Waals surface area contributed by atoms with E-state index in [0.717, 1.165) is 35.7 Å². The lowest BCUT2D eigenvalue weighted by Crippen LogP contribution is -2.04. The molecule has 0 fully saturated rings. The van der Waals surface area contributed by atoms with Crippen molar-refractivity contribution in [2.24, 2.45) is 0 Å². The summed E-state index contributed by atoms with van der Waals surface area (Å²) in [6, 6.07) is 8.35. The van der Waals surface area contributed by atoms with Crippen LogP contribution in [0.15, 0.2) is 30.6 Å². The summed E-state index contributed by atoms with van der Waals surface area (Å²) in [6.07, 6.45) is 3.76. The third-order valence-electron chi connectivity index (χ3n) is 3.11. The summed E-state index contributed by atoms with van der Waals surface area (Å²) in [5.41, 5.74) is 3.46. The molecular formula is C15H20N4. The Hall–Kier alpha value is -2.10. The van der Waals surface area contributed by atoms with Gasteiger partial charge < -0.3 is 10.6 Å². The van der Waals surface area contributed by atoms with Crippen molar-refractivity contribution in [3.63, 3.8) is 0 Å². The maximum absolute atomic E-state index is 4.32. The monoisotopic (exact) mass is 256 g/mol. The van der Waals surface area contributed by atoms with Gasteiger partial charge in [-0.3, -0.25) is 0 Å². The first-order valence-corrected chi connectivity index (χ1v) is 6.60. The molecule has 0 saturated heterocycles. The van der Waals surface area contributed by atoms with E-state index in [1.165, 1.54) is 5.56 Å². The van der Waals surface area contributed by atoms with Crippen molar-refractivity contribution < 1.29 is 0 Å². The molecule has 2 aromatic rings. The Morgan fingerprint density at radius 1 is 1.11 bits per heavy atom. The minimum absolute atomic E-state index is 0.850. The highest BCUT2D eigenvalue weighted by Gasteiger charge is 2.07. The lowest BCUT2D eigenvalue weighted by atomic mass is 10.1. The molecule has 2 N–H and O–H groups in total. The second-order valence-corrected chi connectivity index (χ2v) is 4.48. The van der Waals surface area contributed by atoms with Crippen LogP contribution in [-0.4, -0.2) is 17.0 Å². The summed E-state index contributed by atoms with van der Waals surface area (Å²) in [4.78, 5) is 8.52. The molecule has 4 heteroatoms. The molecule has 100 valence electrons. The molecule has 0 saturated carbocycles. The van der Waals surface area contributed by atoms with Gasteiger partial charge in [-0.15, -0.1) is 0 Å². The number of nitrogens with zero attached hydrogens (tertiary/aromatic N) is 2. The molecule has 4 nitrogen and oxygen atoms in total. The van der Waals surface area contributed by atoms with Gasteiger partial charge >= 0.3 is 0 Å². The first-order valence-electron chi connectivity index (χ1n) is 6.60. The third-order valence-corrected chi connectivity index (χ3v) is 3.11. The number of nitrogens with one attached hydrogen (secondary N) is 2. The van der Waals surface area contributed by atoms with E-state index in [2.05, 4.69) is 45.7 Å². The first kappa shape index (κ1) is 13.3. The lowest BCUT2D eigenvalue weighted by Gasteiger charge is -2.14. The second-order valence-electron chi connectivity index (χ2n) is 4.48. The number of anilines is 3. The Labute approximate surface area is 114 Å². The molecule has 0 spiro atoms. The summed E-state index contributed by atoms with van der Waals surface area (Å²) >= 11 is 0. The van der Waals surface area contributed by atoms with E-state index in [0.29, 0.717) is 0 Å². The maximum atomic E-state index is 4.32. The Bertz CT molecular complexity index is 552. The minimum atomic E-state index is 0.850. The highest BCUT2D eigenvalue weighted by molar-refractivity contribution is 5.66. The van der Waals surface area contributed by atoms with Gasteiger partial charge in [-0.2, -0.15) is 0 Å². The Kier molecular flexibility index (Phi) is 4.34. The van der Waals surface area contributed by atoms with Gasteiger partial charge in [0, 0.05) is 18.3 Å². The molecule has 2 rings (SSSR count). The van der Waals surface area contributed by atoms with Crippen LogP contribution < -0.4 is 10.6 Å². The molecule has 0 atom stereocenters. The van der Waals surface area contributed by atoms with Crippen LogP contribution in [0, 0.1) is 6.92 Å². The summed E-state index contributed by atoms with van der Waals surface area (Å²) in [5.74, 6) is 1.70. The van der Waals surface area contributed by atoms with Crippen molar-refractivity contribution in [1.82, 2.24) is 9.97 Å². The largest absolute Gasteiger partial charge is 0.373 e. The molecule has 0 amide bonds. The zero-order valence-electron chi connectivity index (χ0n) is 11.7. The fraction of sp³-hybridized carbons (Fsp3) is 0.333. The van der Waals surface area contributed by atoms with Gasteiger partial charge in [-0.25, -0.2) is 9.97 Å². The van der Waals surface area contributed by atoms with Gasteiger partial charge in [-0.05, 0) is 25.0 Å². The van der Waals surface area contributed by atoms with E-state index in [1.807, 2.05) is 20.0 Å². The summed E-state index contributed by atoms with van der Waals surface area (Å²) in [7, 11) is 1.87. The van der Waals surface area contributed by atoms with Gasteiger partial charge in [-0.1, -0.05) is 31.5 Å². The maximum Gasteiger partial charge on any atom is 0.138 e. The van der Waals surface area contributed by atoms with Crippen molar-refractivity contribution in [1.29, 1.82) is 0 Å². The number of benzene rings is 1. The molecule has 1 aromatic carbocycles. The number of hydrogen-bond acceptors (Lipinski definition) is 4. The topological polar surface area (TPSA) is 49.8 Å². The van der Waals surface area contributed by atoms with Gasteiger partial charge in [0.05, 0.1) is 0 Å². The second kappa shape index (κ2) is 6.18. The zero-order valence-corrected chi connectivity index (χ0v) is 11.7. The van der Waals surface area contributed by atoms with Crippen LogP contribution in [-0.2, 0) is 6.42 Å². The van der Waals surface area contributed by atoms with Crippen LogP contribution in [0.5, 0.6) is 0 Å². The number of aromatic nitrogens is 2. The predicted molar refractivity (Wildman–Crippen MR) is 80.0 cm³/mol. The molecule has 0 bridgehead atoms. The number of aryl methyl sites for hydroxylation is 1. The molecular weight excluding hydrogens is 236 g/mol. The standard InChI is InChI=1S/C15H20N4/c1-4-7-12-8-5-6-9-13(12)19-15-11(2)14(16-3)17-10-18-15/h5-6,8-10H,4,7H2,1-3H3,(H2,16,17,18,19). The molecule has 0 unspecified atom stereocenters. The summed E-state index contributed by atoms with van der Waals surface area (Å²) in [6.45, 7) is 4.20. The normalized spacial score (nSPS) is 10.3. The summed E-state index contributed by atoms with van der Waals surface area (Å²) in [5, 5.41) is 6.48. The molecule has 0 aliphatic heterocycles. The van der Waals surface area contributed by atoms with Crippen molar-refractivity contribution in [2.75, 3.05) is 17.7 Å². The minimum Gasteiger partial charge on any atom is -0.373 e. The number of rotatable bonds is 5. The van der Waals surface area contributed by atoms with Crippen LogP contribution in [0.3, 0.4) is 0 Å². The van der Waals surface area contributed by atoms with Crippen molar-refractivity contribution in [3.8, 4) is 0 Å². The highest BCUT2D eigenvalue weighted by atomic mass is 15.1. The van der Waals surface area contributed by atoms with Crippen molar-refractivity contribution in [2.45, 2.75) is 26.7 Å². The average molecular weight is 256 g/mol. The third kappa shape index (κ3) is 3.02. The predicted octanol–water partition coefficient (Wildman–Crippen LogP) is 3.52. The van der Waals surface area contributed by atoms with E-state index >= 15 is 0 Å². The van der Waals surface area contributed by atoms with Crippen LogP contribution in [0.2, 0.25) is 0 Å². The van der Waals surface area contributed by atoms with E-state index in [9.17, 15) is 0 Å². The highest BCUT2D eigenvalue weighted by Crippen LogP contribution is 2.25. The van der Waals surface area contributed by atoms with Crippen LogP contribution >= 0.6 is 0 Å². The molecule has 0 aliphatic carbocycles. The quantitative estimate of drug-likeness (QED) is 0.859. The fourth-order valence-corrected chi connectivity index (χ4v) is 2.09. The Morgan fingerprint density at radius 2 is 1.84 bits per heavy atom. The lowest BCUT2D eigenvalue weighted by molar-refractivity contribution is 0.923. The van der Waals surface area contributed by atoms with Crippen LogP contribution in [0.1, 0.15) is 24.5 Å². The zero-order chi connectivity index (χ0) is 13.7. The van der Waals surface area contributed by atoms with Crippen LogP contribution in [0.4, 0.5) is 17.3 Å². The Morgan fingerprint density at radius 3 is 2.58 bits per heavy atom. The number of hydrogen-bond donors (Lipinski definition) is 2. The van der Waals surface area contributed by atoms with E-state index in [1.54, 1.807) is 6.33 Å². The van der Waals surface area contributed by atoms with E-state index in [4.69, 9.17) is 0 Å². The molecule has 19 heavy (non-hydrogen) atoms. The van der Waals surface area contributed by atoms with Crippen molar-refractivity contribution >= 4 is 17.3 Å². The molecule has 1 heterocycles. The van der Waals surface area contributed by atoms with E-state index < -0.39 is 0 Å². The van der Waals surface area contributed by atoms with Gasteiger partial charge in [0.2, 0.25) is 0 Å². The molecule has 0 aliphatic rings. The van der Waals surface area contributed by atoms with E-state index in [-0.39, 0.29) is 0 Å². The Balaban J connectivity index is 2.31. The fourth-order valence-electron chi connectivity index (χ4n) is 2.09. The molecule has 0 radical (unpaired) electrons. The SMILES string of the molecule is CCCc1ccccc1Nc1ncnc(NC)c1C. The molecule has 1 aromatic heterocycles. The van der Waals surface area contributed by atoms with Crippen LogP contribution in [0.25, 0.3) is 0 Å². The summed E-state index contributed by atoms with van der Waals surface area (Å²) < 4.78 is 0. The number of para-hydroxylation sites is 1. The first-order chi connectivity index (χ1) is 9.26. The average Bonchev–Trinajstić information content (AvgIpc) is 2.43. The van der Waals surface area contributed by atoms with Crippen molar-refractivity contribution in [3.05, 3.63) is 41.7 Å². The van der Waals surface area contributed by atoms with Gasteiger partial charge in [0.25, 0.3) is 0 Å². The van der Waals surface area contributed by atoms with Gasteiger partial charge in [0.1, 0.15) is 18.0 Å².